The van der Waals surface area contributed by atoms with Crippen molar-refractivity contribution in [1.82, 2.24) is 9.80 Å². The summed E-state index contributed by atoms with van der Waals surface area (Å²) in [6.45, 7) is 3.62. The second-order valence-corrected chi connectivity index (χ2v) is 6.25. The van der Waals surface area contributed by atoms with Gasteiger partial charge in [-0.25, -0.2) is 4.39 Å². The fourth-order valence-corrected chi connectivity index (χ4v) is 3.08. The lowest BCUT2D eigenvalue weighted by Crippen LogP contribution is -2.45. The van der Waals surface area contributed by atoms with Crippen molar-refractivity contribution in [3.05, 3.63) is 35.6 Å². The lowest BCUT2D eigenvalue weighted by atomic mass is 9.96. The first-order chi connectivity index (χ1) is 11.0. The molecule has 1 aliphatic heterocycles. The maximum atomic E-state index is 13.2. The van der Waals surface area contributed by atoms with Crippen molar-refractivity contribution in [3.63, 3.8) is 0 Å². The highest BCUT2D eigenvalue weighted by atomic mass is 19.1. The summed E-state index contributed by atoms with van der Waals surface area (Å²) in [5.41, 5.74) is 0.774. The maximum absolute atomic E-state index is 13.2. The molecule has 4 nitrogen and oxygen atoms in total. The molecule has 1 fully saturated rings. The Hall–Kier alpha value is -1.91. The fraction of sp³-hybridized carbons (Fsp3) is 0.556. The molecule has 1 aromatic rings. The number of amides is 2. The number of carbonyl (C=O) groups excluding carboxylic acids is 2. The summed E-state index contributed by atoms with van der Waals surface area (Å²) in [4.78, 5) is 28.1. The van der Waals surface area contributed by atoms with Crippen LogP contribution in [0.5, 0.6) is 0 Å². The largest absolute Gasteiger partial charge is 0.342 e. The Balaban J connectivity index is 1.94. The highest BCUT2D eigenvalue weighted by Gasteiger charge is 2.29. The standard InChI is InChI=1S/C18H25FN2O2/c1-3-6-17(22)21-10-5-8-15(13-21)18(23)20(2)12-14-7-4-9-16(19)11-14/h4,7,9,11,15H,3,5-6,8,10,12-13H2,1-2H3. The van der Waals surface area contributed by atoms with Crippen molar-refractivity contribution in [2.75, 3.05) is 20.1 Å². The van der Waals surface area contributed by atoms with Gasteiger partial charge in [-0.05, 0) is 37.0 Å². The number of nitrogens with zero attached hydrogens (tertiary/aromatic N) is 2. The van der Waals surface area contributed by atoms with Crippen LogP contribution in [-0.4, -0.2) is 41.8 Å². The molecule has 23 heavy (non-hydrogen) atoms. The summed E-state index contributed by atoms with van der Waals surface area (Å²) in [5.74, 6) is -0.276. The predicted octanol–water partition coefficient (Wildman–Crippen LogP) is 2.82. The van der Waals surface area contributed by atoms with Crippen LogP contribution in [0.3, 0.4) is 0 Å². The maximum Gasteiger partial charge on any atom is 0.227 e. The van der Waals surface area contributed by atoms with E-state index in [-0.39, 0.29) is 23.5 Å². The van der Waals surface area contributed by atoms with E-state index >= 15 is 0 Å². The number of rotatable bonds is 5. The normalized spacial score (nSPS) is 17.9. The average Bonchev–Trinajstić information content (AvgIpc) is 2.54. The third-order valence-electron chi connectivity index (χ3n) is 4.27. The first kappa shape index (κ1) is 17.4. The van der Waals surface area contributed by atoms with Gasteiger partial charge in [-0.15, -0.1) is 0 Å². The van der Waals surface area contributed by atoms with E-state index in [1.54, 1.807) is 18.0 Å². The summed E-state index contributed by atoms with van der Waals surface area (Å²) >= 11 is 0. The topological polar surface area (TPSA) is 40.6 Å². The van der Waals surface area contributed by atoms with Crippen molar-refractivity contribution < 1.29 is 14.0 Å². The smallest absolute Gasteiger partial charge is 0.227 e. The molecule has 1 heterocycles. The molecule has 0 saturated carbocycles. The summed E-state index contributed by atoms with van der Waals surface area (Å²) in [6, 6.07) is 6.30. The molecule has 1 atom stereocenters. The van der Waals surface area contributed by atoms with Gasteiger partial charge in [0.25, 0.3) is 0 Å². The van der Waals surface area contributed by atoms with Gasteiger partial charge in [0.2, 0.25) is 11.8 Å². The summed E-state index contributed by atoms with van der Waals surface area (Å²) < 4.78 is 13.2. The Morgan fingerprint density at radius 3 is 2.87 bits per heavy atom. The SMILES string of the molecule is CCCC(=O)N1CCCC(C(=O)N(C)Cc2cccc(F)c2)C1. The van der Waals surface area contributed by atoms with Gasteiger partial charge in [-0.2, -0.15) is 0 Å². The van der Waals surface area contributed by atoms with E-state index in [0.717, 1.165) is 31.4 Å². The second-order valence-electron chi connectivity index (χ2n) is 6.25. The Morgan fingerprint density at radius 2 is 2.17 bits per heavy atom. The minimum atomic E-state index is -0.294. The molecular formula is C18H25FN2O2. The Labute approximate surface area is 137 Å². The molecule has 0 radical (unpaired) electrons. The first-order valence-corrected chi connectivity index (χ1v) is 8.28. The summed E-state index contributed by atoms with van der Waals surface area (Å²) in [7, 11) is 1.74. The van der Waals surface area contributed by atoms with Crippen molar-refractivity contribution >= 4 is 11.8 Å². The number of benzene rings is 1. The average molecular weight is 320 g/mol. The van der Waals surface area contributed by atoms with Gasteiger partial charge in [0, 0.05) is 33.1 Å². The van der Waals surface area contributed by atoms with Crippen LogP contribution in [0.25, 0.3) is 0 Å². The molecule has 2 amide bonds. The minimum Gasteiger partial charge on any atom is -0.342 e. The molecule has 126 valence electrons. The number of hydrogen-bond acceptors (Lipinski definition) is 2. The molecule has 1 saturated heterocycles. The van der Waals surface area contributed by atoms with Gasteiger partial charge in [0.1, 0.15) is 5.82 Å². The van der Waals surface area contributed by atoms with Gasteiger partial charge in [0.15, 0.2) is 0 Å². The van der Waals surface area contributed by atoms with Crippen LogP contribution in [-0.2, 0) is 16.1 Å². The molecule has 0 N–H and O–H groups in total. The van der Waals surface area contributed by atoms with E-state index in [4.69, 9.17) is 0 Å². The highest BCUT2D eigenvalue weighted by Crippen LogP contribution is 2.20. The zero-order chi connectivity index (χ0) is 16.8. The number of likely N-dealkylation sites (tertiary alicyclic amines) is 1. The van der Waals surface area contributed by atoms with E-state index in [1.807, 2.05) is 17.9 Å². The molecule has 1 aliphatic rings. The number of piperidine rings is 1. The highest BCUT2D eigenvalue weighted by molar-refractivity contribution is 5.81. The third-order valence-corrected chi connectivity index (χ3v) is 4.27. The van der Waals surface area contributed by atoms with Crippen LogP contribution in [0.15, 0.2) is 24.3 Å². The van der Waals surface area contributed by atoms with Crippen LogP contribution in [0.4, 0.5) is 4.39 Å². The van der Waals surface area contributed by atoms with Gasteiger partial charge < -0.3 is 9.80 Å². The lowest BCUT2D eigenvalue weighted by molar-refractivity contribution is -0.140. The van der Waals surface area contributed by atoms with E-state index < -0.39 is 0 Å². The molecule has 2 rings (SSSR count). The molecule has 0 aliphatic carbocycles. The Bertz CT molecular complexity index is 562. The van der Waals surface area contributed by atoms with Crippen molar-refractivity contribution in [1.29, 1.82) is 0 Å². The Kier molecular flexibility index (Phi) is 6.13. The first-order valence-electron chi connectivity index (χ1n) is 8.28. The van der Waals surface area contributed by atoms with Gasteiger partial charge >= 0.3 is 0 Å². The number of carbonyl (C=O) groups is 2. The van der Waals surface area contributed by atoms with Crippen LogP contribution in [0, 0.1) is 11.7 Å². The quantitative estimate of drug-likeness (QED) is 0.837. The second kappa shape index (κ2) is 8.09. The van der Waals surface area contributed by atoms with E-state index in [1.165, 1.54) is 12.1 Å². The third kappa shape index (κ3) is 4.78. The minimum absolute atomic E-state index is 0.0308. The predicted molar refractivity (Wildman–Crippen MR) is 87.1 cm³/mol. The van der Waals surface area contributed by atoms with Crippen LogP contribution < -0.4 is 0 Å². The molecule has 1 aromatic carbocycles. The van der Waals surface area contributed by atoms with Crippen molar-refractivity contribution in [3.8, 4) is 0 Å². The number of hydrogen-bond donors (Lipinski definition) is 0. The molecule has 0 aromatic heterocycles. The molecule has 0 spiro atoms. The van der Waals surface area contributed by atoms with Crippen LogP contribution in [0.2, 0.25) is 0 Å². The number of halogens is 1. The van der Waals surface area contributed by atoms with Gasteiger partial charge in [0.05, 0.1) is 5.92 Å². The molecule has 5 heteroatoms. The molecule has 0 bridgehead atoms. The van der Waals surface area contributed by atoms with Gasteiger partial charge in [-0.3, -0.25) is 9.59 Å². The van der Waals surface area contributed by atoms with E-state index in [9.17, 15) is 14.0 Å². The fourth-order valence-electron chi connectivity index (χ4n) is 3.08. The van der Waals surface area contributed by atoms with Crippen LogP contribution in [0.1, 0.15) is 38.2 Å². The zero-order valence-corrected chi connectivity index (χ0v) is 13.9. The van der Waals surface area contributed by atoms with Crippen LogP contribution >= 0.6 is 0 Å². The Morgan fingerprint density at radius 1 is 1.39 bits per heavy atom. The van der Waals surface area contributed by atoms with E-state index in [0.29, 0.717) is 19.5 Å². The summed E-state index contributed by atoms with van der Waals surface area (Å²) in [6.07, 6.45) is 3.04. The monoisotopic (exact) mass is 320 g/mol. The van der Waals surface area contributed by atoms with E-state index in [2.05, 4.69) is 0 Å². The molecule has 1 unspecified atom stereocenters. The van der Waals surface area contributed by atoms with Gasteiger partial charge in [-0.1, -0.05) is 19.1 Å². The lowest BCUT2D eigenvalue weighted by Gasteiger charge is -2.34. The van der Waals surface area contributed by atoms with Crippen molar-refractivity contribution in [2.45, 2.75) is 39.2 Å². The zero-order valence-electron chi connectivity index (χ0n) is 13.9. The van der Waals surface area contributed by atoms with Crippen molar-refractivity contribution in [2.24, 2.45) is 5.92 Å². The molecular weight excluding hydrogens is 295 g/mol. The summed E-state index contributed by atoms with van der Waals surface area (Å²) in [5, 5.41) is 0.